The molecule has 2 N–H and O–H groups in total. The van der Waals surface area contributed by atoms with Crippen LogP contribution in [0.1, 0.15) is 41.9 Å². The lowest BCUT2D eigenvalue weighted by Crippen LogP contribution is -2.44. The van der Waals surface area contributed by atoms with Gasteiger partial charge in [-0.1, -0.05) is 54.6 Å². The number of benzene rings is 3. The number of hydrogen-bond acceptors (Lipinski definition) is 5. The Morgan fingerprint density at radius 2 is 1.66 bits per heavy atom. The molecule has 1 amide bonds. The van der Waals surface area contributed by atoms with E-state index in [9.17, 15) is 9.90 Å². The molecule has 1 fully saturated rings. The van der Waals surface area contributed by atoms with Gasteiger partial charge < -0.3 is 24.6 Å². The molecular weight excluding hydrogens is 442 g/mol. The van der Waals surface area contributed by atoms with Crippen molar-refractivity contribution in [1.82, 2.24) is 5.32 Å². The number of amides is 1. The van der Waals surface area contributed by atoms with Gasteiger partial charge in [0.15, 0.2) is 11.5 Å². The number of ether oxygens (including phenoxy) is 3. The van der Waals surface area contributed by atoms with E-state index in [0.29, 0.717) is 31.3 Å². The number of nitrogens with one attached hydrogen (secondary N) is 1. The summed E-state index contributed by atoms with van der Waals surface area (Å²) in [6.07, 6.45) is 1.83. The first-order valence-corrected chi connectivity index (χ1v) is 12.0. The molecule has 35 heavy (non-hydrogen) atoms. The highest BCUT2D eigenvalue weighted by atomic mass is 16.5. The van der Waals surface area contributed by atoms with E-state index < -0.39 is 0 Å². The highest BCUT2D eigenvalue weighted by Crippen LogP contribution is 2.39. The molecule has 0 saturated carbocycles. The third kappa shape index (κ3) is 5.60. The number of phenolic OH excluding ortho intramolecular Hbond substituents is 1. The first kappa shape index (κ1) is 24.6. The molecule has 184 valence electrons. The third-order valence-electron chi connectivity index (χ3n) is 6.97. The van der Waals surface area contributed by atoms with Crippen LogP contribution in [0.5, 0.6) is 17.2 Å². The van der Waals surface area contributed by atoms with Crippen molar-refractivity contribution >= 4 is 5.91 Å². The Kier molecular flexibility index (Phi) is 7.93. The van der Waals surface area contributed by atoms with E-state index in [2.05, 4.69) is 5.32 Å². The minimum Gasteiger partial charge on any atom is -0.508 e. The van der Waals surface area contributed by atoms with Gasteiger partial charge in [0.2, 0.25) is 5.91 Å². The number of carbonyl (C=O) groups excluding carboxylic acids is 1. The zero-order valence-electron chi connectivity index (χ0n) is 20.3. The lowest BCUT2D eigenvalue weighted by Gasteiger charge is -2.38. The van der Waals surface area contributed by atoms with E-state index in [-0.39, 0.29) is 29.4 Å². The van der Waals surface area contributed by atoms with E-state index in [1.165, 1.54) is 0 Å². The second kappa shape index (κ2) is 11.3. The van der Waals surface area contributed by atoms with Gasteiger partial charge in [0, 0.05) is 43.1 Å². The quantitative estimate of drug-likeness (QED) is 0.465. The summed E-state index contributed by atoms with van der Waals surface area (Å²) in [6.45, 7) is 1.76. The average Bonchev–Trinajstić information content (AvgIpc) is 2.91. The second-order valence-corrected chi connectivity index (χ2v) is 8.97. The van der Waals surface area contributed by atoms with Gasteiger partial charge in [-0.25, -0.2) is 0 Å². The summed E-state index contributed by atoms with van der Waals surface area (Å²) in [4.78, 5) is 13.3. The Balaban J connectivity index is 1.55. The van der Waals surface area contributed by atoms with Crippen molar-refractivity contribution in [2.45, 2.75) is 30.6 Å². The molecule has 0 aliphatic carbocycles. The van der Waals surface area contributed by atoms with Gasteiger partial charge in [0.1, 0.15) is 5.75 Å². The highest BCUT2D eigenvalue weighted by Gasteiger charge is 2.36. The van der Waals surface area contributed by atoms with Gasteiger partial charge in [0.25, 0.3) is 0 Å². The number of phenols is 1. The van der Waals surface area contributed by atoms with E-state index >= 15 is 0 Å². The molecule has 1 atom stereocenters. The summed E-state index contributed by atoms with van der Waals surface area (Å²) >= 11 is 0. The fourth-order valence-corrected chi connectivity index (χ4v) is 4.90. The molecule has 0 radical (unpaired) electrons. The smallest absolute Gasteiger partial charge is 0.220 e. The van der Waals surface area contributed by atoms with Gasteiger partial charge in [-0.3, -0.25) is 4.79 Å². The number of rotatable bonds is 9. The summed E-state index contributed by atoms with van der Waals surface area (Å²) in [6, 6.07) is 23.0. The molecule has 3 aromatic rings. The standard InChI is InChI=1S/C29H33NO5/c1-33-26-13-12-22(18-27(26)34-2)29(14-16-35-17-15-29)20-30-28(32)19-24(21-8-4-3-5-9-21)23-10-6-7-11-25(23)31/h3-13,18,24,31H,14-17,19-20H2,1-2H3,(H,30,32)/t24-/m1/s1. The van der Waals surface area contributed by atoms with Crippen molar-refractivity contribution in [3.05, 3.63) is 89.5 Å². The van der Waals surface area contributed by atoms with E-state index in [0.717, 1.165) is 29.5 Å². The lowest BCUT2D eigenvalue weighted by atomic mass is 9.74. The molecule has 0 spiro atoms. The molecule has 0 bridgehead atoms. The van der Waals surface area contributed by atoms with Crippen LogP contribution in [0.4, 0.5) is 0 Å². The van der Waals surface area contributed by atoms with Crippen molar-refractivity contribution in [3.63, 3.8) is 0 Å². The van der Waals surface area contributed by atoms with Gasteiger partial charge in [-0.2, -0.15) is 0 Å². The topological polar surface area (TPSA) is 77.0 Å². The molecule has 3 aromatic carbocycles. The maximum atomic E-state index is 13.3. The number of hydrogen-bond donors (Lipinski definition) is 2. The molecule has 0 aromatic heterocycles. The van der Waals surface area contributed by atoms with Crippen LogP contribution in [0.3, 0.4) is 0 Å². The Labute approximate surface area is 206 Å². The summed E-state index contributed by atoms with van der Waals surface area (Å²) < 4.78 is 16.6. The monoisotopic (exact) mass is 475 g/mol. The minimum atomic E-state index is -0.259. The summed E-state index contributed by atoms with van der Waals surface area (Å²) in [5.41, 5.74) is 2.57. The molecule has 6 heteroatoms. The van der Waals surface area contributed by atoms with Crippen molar-refractivity contribution in [2.24, 2.45) is 0 Å². The lowest BCUT2D eigenvalue weighted by molar-refractivity contribution is -0.121. The van der Waals surface area contributed by atoms with Crippen LogP contribution < -0.4 is 14.8 Å². The molecule has 6 nitrogen and oxygen atoms in total. The zero-order chi connectivity index (χ0) is 24.7. The highest BCUT2D eigenvalue weighted by molar-refractivity contribution is 5.78. The van der Waals surface area contributed by atoms with Gasteiger partial charge >= 0.3 is 0 Å². The van der Waals surface area contributed by atoms with Gasteiger partial charge in [0.05, 0.1) is 14.2 Å². The fraction of sp³-hybridized carbons (Fsp3) is 0.345. The largest absolute Gasteiger partial charge is 0.508 e. The van der Waals surface area contributed by atoms with Gasteiger partial charge in [-0.05, 0) is 42.2 Å². The summed E-state index contributed by atoms with van der Waals surface area (Å²) in [5, 5.41) is 13.7. The minimum absolute atomic E-state index is 0.0616. The maximum Gasteiger partial charge on any atom is 0.220 e. The molecular formula is C29H33NO5. The van der Waals surface area contributed by atoms with Crippen molar-refractivity contribution in [2.75, 3.05) is 34.0 Å². The van der Waals surface area contributed by atoms with Crippen LogP contribution in [0.15, 0.2) is 72.8 Å². The first-order valence-electron chi connectivity index (χ1n) is 12.0. The molecule has 0 unspecified atom stereocenters. The summed E-state index contributed by atoms with van der Waals surface area (Å²) in [7, 11) is 3.25. The normalized spacial score (nSPS) is 15.7. The van der Waals surface area contributed by atoms with Crippen molar-refractivity contribution in [3.8, 4) is 17.2 Å². The average molecular weight is 476 g/mol. The van der Waals surface area contributed by atoms with E-state index in [1.54, 1.807) is 26.4 Å². The Morgan fingerprint density at radius 1 is 0.971 bits per heavy atom. The van der Waals surface area contributed by atoms with E-state index in [4.69, 9.17) is 14.2 Å². The van der Waals surface area contributed by atoms with Crippen LogP contribution in [0.2, 0.25) is 0 Å². The van der Waals surface area contributed by atoms with Crippen LogP contribution in [-0.2, 0) is 14.9 Å². The summed E-state index contributed by atoms with van der Waals surface area (Å²) in [5.74, 6) is 1.24. The second-order valence-electron chi connectivity index (χ2n) is 8.97. The van der Waals surface area contributed by atoms with Crippen LogP contribution in [-0.4, -0.2) is 45.0 Å². The maximum absolute atomic E-state index is 13.3. The number of methoxy groups -OCH3 is 2. The molecule has 1 heterocycles. The van der Waals surface area contributed by atoms with E-state index in [1.807, 2.05) is 60.7 Å². The molecule has 1 aliphatic rings. The number of para-hydroxylation sites is 1. The van der Waals surface area contributed by atoms with Gasteiger partial charge in [-0.15, -0.1) is 0 Å². The van der Waals surface area contributed by atoms with Crippen LogP contribution in [0, 0.1) is 0 Å². The zero-order valence-corrected chi connectivity index (χ0v) is 20.3. The van der Waals surface area contributed by atoms with Crippen molar-refractivity contribution < 1.29 is 24.1 Å². The molecule has 4 rings (SSSR count). The van der Waals surface area contributed by atoms with Crippen molar-refractivity contribution in [1.29, 1.82) is 0 Å². The molecule has 1 aliphatic heterocycles. The predicted octanol–water partition coefficient (Wildman–Crippen LogP) is 4.80. The Bertz CT molecular complexity index is 1120. The van der Waals surface area contributed by atoms with Crippen LogP contribution >= 0.6 is 0 Å². The number of carbonyl (C=O) groups is 1. The third-order valence-corrected chi connectivity index (χ3v) is 6.97. The SMILES string of the molecule is COc1ccc(C2(CNC(=O)C[C@H](c3ccccc3)c3ccccc3O)CCOCC2)cc1OC. The molecule has 1 saturated heterocycles. The Morgan fingerprint density at radius 3 is 2.34 bits per heavy atom. The van der Waals surface area contributed by atoms with Crippen LogP contribution in [0.25, 0.3) is 0 Å². The number of aromatic hydroxyl groups is 1. The predicted molar refractivity (Wildman–Crippen MR) is 135 cm³/mol. The first-order chi connectivity index (χ1) is 17.1. The fourth-order valence-electron chi connectivity index (χ4n) is 4.90. The Hall–Kier alpha value is -3.51.